The molecule has 0 radical (unpaired) electrons. The van der Waals surface area contributed by atoms with E-state index < -0.39 is 0 Å². The highest BCUT2D eigenvalue weighted by Gasteiger charge is 2.10. The fourth-order valence-corrected chi connectivity index (χ4v) is 2.33. The Kier molecular flexibility index (Phi) is 5.02. The molecule has 2 N–H and O–H groups in total. The molecule has 0 amide bonds. The van der Waals surface area contributed by atoms with E-state index in [2.05, 4.69) is 15.9 Å². The van der Waals surface area contributed by atoms with Crippen LogP contribution in [0.25, 0.3) is 0 Å². The average Bonchev–Trinajstić information content (AvgIpc) is 2.39. The van der Waals surface area contributed by atoms with E-state index in [9.17, 15) is 4.39 Å². The van der Waals surface area contributed by atoms with Gasteiger partial charge in [0.15, 0.2) is 0 Å². The molecule has 0 saturated carbocycles. The first kappa shape index (κ1) is 15.3. The van der Waals surface area contributed by atoms with E-state index in [1.54, 1.807) is 0 Å². The lowest BCUT2D eigenvalue weighted by molar-refractivity contribution is 0.301. The molecule has 0 aromatic heterocycles. The Morgan fingerprint density at radius 3 is 2.75 bits per heavy atom. The van der Waals surface area contributed by atoms with Crippen molar-refractivity contribution in [3.63, 3.8) is 0 Å². The Hall–Kier alpha value is -1.10. The van der Waals surface area contributed by atoms with Crippen molar-refractivity contribution in [3.8, 4) is 5.75 Å². The van der Waals surface area contributed by atoms with Crippen LogP contribution in [-0.2, 0) is 6.61 Å². The van der Waals surface area contributed by atoms with Gasteiger partial charge in [-0.1, -0.05) is 33.6 Å². The predicted molar refractivity (Wildman–Crippen MR) is 82.5 cm³/mol. The van der Waals surface area contributed by atoms with Crippen molar-refractivity contribution in [2.75, 3.05) is 0 Å². The molecule has 106 valence electrons. The van der Waals surface area contributed by atoms with E-state index in [4.69, 9.17) is 22.1 Å². The van der Waals surface area contributed by atoms with Crippen molar-refractivity contribution in [1.82, 2.24) is 0 Å². The molecular formula is C15H14BrClFNO. The van der Waals surface area contributed by atoms with Crippen molar-refractivity contribution >= 4 is 27.5 Å². The molecule has 2 aromatic rings. The van der Waals surface area contributed by atoms with E-state index in [1.807, 2.05) is 25.1 Å². The number of ether oxygens (including phenoxy) is 1. The Bertz CT molecular complexity index is 619. The number of hydrogen-bond acceptors (Lipinski definition) is 2. The van der Waals surface area contributed by atoms with E-state index in [1.165, 1.54) is 18.2 Å². The Morgan fingerprint density at radius 2 is 2.05 bits per heavy atom. The van der Waals surface area contributed by atoms with Crippen molar-refractivity contribution < 1.29 is 9.13 Å². The van der Waals surface area contributed by atoms with Crippen molar-refractivity contribution in [1.29, 1.82) is 0 Å². The third-order valence-electron chi connectivity index (χ3n) is 2.86. The van der Waals surface area contributed by atoms with Gasteiger partial charge in [0.25, 0.3) is 0 Å². The first-order chi connectivity index (χ1) is 9.47. The minimum atomic E-state index is -0.338. The second-order valence-electron chi connectivity index (χ2n) is 4.50. The summed E-state index contributed by atoms with van der Waals surface area (Å²) in [5.41, 5.74) is 7.40. The van der Waals surface area contributed by atoms with Crippen molar-refractivity contribution in [2.45, 2.75) is 19.6 Å². The number of halogens is 3. The molecule has 0 aliphatic heterocycles. The third-order valence-corrected chi connectivity index (χ3v) is 3.72. The molecule has 1 atom stereocenters. The van der Waals surface area contributed by atoms with Crippen LogP contribution in [0.2, 0.25) is 5.02 Å². The van der Waals surface area contributed by atoms with Gasteiger partial charge < -0.3 is 10.5 Å². The van der Waals surface area contributed by atoms with Crippen LogP contribution < -0.4 is 10.5 Å². The minimum Gasteiger partial charge on any atom is -0.488 e. The summed E-state index contributed by atoms with van der Waals surface area (Å²) in [6.07, 6.45) is 0. The molecule has 0 spiro atoms. The van der Waals surface area contributed by atoms with Gasteiger partial charge in [-0.2, -0.15) is 0 Å². The van der Waals surface area contributed by atoms with Crippen LogP contribution in [-0.4, -0.2) is 0 Å². The van der Waals surface area contributed by atoms with Gasteiger partial charge in [-0.05, 0) is 37.3 Å². The van der Waals surface area contributed by atoms with E-state index in [0.717, 1.165) is 10.0 Å². The molecule has 2 nitrogen and oxygen atoms in total. The molecule has 2 rings (SSSR count). The van der Waals surface area contributed by atoms with Crippen LogP contribution in [0.5, 0.6) is 5.75 Å². The van der Waals surface area contributed by atoms with Gasteiger partial charge in [0, 0.05) is 26.7 Å². The Balaban J connectivity index is 2.22. The van der Waals surface area contributed by atoms with Crippen LogP contribution in [0.3, 0.4) is 0 Å². The topological polar surface area (TPSA) is 35.2 Å². The van der Waals surface area contributed by atoms with Gasteiger partial charge in [-0.3, -0.25) is 0 Å². The SMILES string of the molecule is C[C@H](N)c1ccc(Br)cc1OCc1cc(F)ccc1Cl. The summed E-state index contributed by atoms with van der Waals surface area (Å²) in [4.78, 5) is 0. The normalized spacial score (nSPS) is 12.2. The highest BCUT2D eigenvalue weighted by molar-refractivity contribution is 9.10. The molecule has 0 unspecified atom stereocenters. The maximum atomic E-state index is 13.2. The molecule has 0 fully saturated rings. The Morgan fingerprint density at radius 1 is 1.30 bits per heavy atom. The van der Waals surface area contributed by atoms with Crippen LogP contribution in [0.4, 0.5) is 4.39 Å². The predicted octanol–water partition coefficient (Wildman–Crippen LogP) is 4.84. The van der Waals surface area contributed by atoms with Crippen LogP contribution in [0, 0.1) is 5.82 Å². The summed E-state index contributed by atoms with van der Waals surface area (Å²) in [5.74, 6) is 0.323. The van der Waals surface area contributed by atoms with E-state index in [0.29, 0.717) is 16.3 Å². The molecule has 0 aliphatic carbocycles. The second-order valence-corrected chi connectivity index (χ2v) is 5.82. The monoisotopic (exact) mass is 357 g/mol. The van der Waals surface area contributed by atoms with Gasteiger partial charge in [0.2, 0.25) is 0 Å². The zero-order valence-corrected chi connectivity index (χ0v) is 13.2. The summed E-state index contributed by atoms with van der Waals surface area (Å²) in [6, 6.07) is 9.69. The van der Waals surface area contributed by atoms with E-state index >= 15 is 0 Å². The van der Waals surface area contributed by atoms with Gasteiger partial charge >= 0.3 is 0 Å². The zero-order valence-electron chi connectivity index (χ0n) is 10.9. The molecule has 20 heavy (non-hydrogen) atoms. The maximum absolute atomic E-state index is 13.2. The lowest BCUT2D eigenvalue weighted by atomic mass is 10.1. The highest BCUT2D eigenvalue weighted by Crippen LogP contribution is 2.29. The molecular weight excluding hydrogens is 345 g/mol. The maximum Gasteiger partial charge on any atom is 0.125 e. The van der Waals surface area contributed by atoms with E-state index in [-0.39, 0.29) is 18.5 Å². The van der Waals surface area contributed by atoms with Crippen molar-refractivity contribution in [3.05, 3.63) is 62.8 Å². The molecule has 0 heterocycles. The first-order valence-corrected chi connectivity index (χ1v) is 7.26. The lowest BCUT2D eigenvalue weighted by Crippen LogP contribution is -2.08. The number of benzene rings is 2. The van der Waals surface area contributed by atoms with Crippen LogP contribution in [0.15, 0.2) is 40.9 Å². The first-order valence-electron chi connectivity index (χ1n) is 6.09. The van der Waals surface area contributed by atoms with Crippen LogP contribution >= 0.6 is 27.5 Å². The quantitative estimate of drug-likeness (QED) is 0.848. The molecule has 2 aromatic carbocycles. The Labute approximate surface area is 130 Å². The summed E-state index contributed by atoms with van der Waals surface area (Å²) >= 11 is 9.41. The molecule has 5 heteroatoms. The second kappa shape index (κ2) is 6.57. The van der Waals surface area contributed by atoms with Gasteiger partial charge in [0.1, 0.15) is 18.2 Å². The average molecular weight is 359 g/mol. The van der Waals surface area contributed by atoms with Gasteiger partial charge in [0.05, 0.1) is 0 Å². The fourth-order valence-electron chi connectivity index (χ4n) is 1.82. The summed E-state index contributed by atoms with van der Waals surface area (Å²) in [7, 11) is 0. The number of hydrogen-bond donors (Lipinski definition) is 1. The molecule has 0 aliphatic rings. The molecule has 0 bridgehead atoms. The summed E-state index contributed by atoms with van der Waals surface area (Å²) in [6.45, 7) is 2.07. The summed E-state index contributed by atoms with van der Waals surface area (Å²) in [5, 5.41) is 0.476. The number of nitrogens with two attached hydrogens (primary N) is 1. The number of rotatable bonds is 4. The van der Waals surface area contributed by atoms with Gasteiger partial charge in [-0.15, -0.1) is 0 Å². The smallest absolute Gasteiger partial charge is 0.125 e. The lowest BCUT2D eigenvalue weighted by Gasteiger charge is -2.15. The standard InChI is InChI=1S/C15H14BrClFNO/c1-9(19)13-4-2-11(16)7-15(13)20-8-10-6-12(18)3-5-14(10)17/h2-7,9H,8,19H2,1H3/t9-/m0/s1. The zero-order chi connectivity index (χ0) is 14.7. The van der Waals surface area contributed by atoms with Crippen molar-refractivity contribution in [2.24, 2.45) is 5.73 Å². The highest BCUT2D eigenvalue weighted by atomic mass is 79.9. The largest absolute Gasteiger partial charge is 0.488 e. The molecule has 0 saturated heterocycles. The van der Waals surface area contributed by atoms with Gasteiger partial charge in [-0.25, -0.2) is 4.39 Å². The van der Waals surface area contributed by atoms with Crippen LogP contribution in [0.1, 0.15) is 24.1 Å². The minimum absolute atomic E-state index is 0.152. The third kappa shape index (κ3) is 3.72. The summed E-state index contributed by atoms with van der Waals surface area (Å²) < 4.78 is 19.8. The fraction of sp³-hybridized carbons (Fsp3) is 0.200.